The number of nitrogens with zero attached hydrogens (tertiary/aromatic N) is 3. The Balaban J connectivity index is 2.19. The smallest absolute Gasteiger partial charge is 0.123 e. The van der Waals surface area contributed by atoms with E-state index in [-0.39, 0.29) is 5.82 Å². The molecule has 1 aromatic carbocycles. The molecular weight excluding hydrogens is 296 g/mol. The Kier molecular flexibility index (Phi) is 2.76. The zero-order chi connectivity index (χ0) is 9.97. The van der Waals surface area contributed by atoms with Gasteiger partial charge in [-0.05, 0) is 40.3 Å². The van der Waals surface area contributed by atoms with Gasteiger partial charge >= 0.3 is 0 Å². The van der Waals surface area contributed by atoms with Crippen LogP contribution in [0.25, 0.3) is 0 Å². The van der Waals surface area contributed by atoms with Crippen LogP contribution < -0.4 is 0 Å². The molecule has 0 aliphatic carbocycles. The summed E-state index contributed by atoms with van der Waals surface area (Å²) >= 11 is 2.15. The van der Waals surface area contributed by atoms with Gasteiger partial charge in [-0.15, -0.1) is 5.10 Å². The molecule has 0 fully saturated rings. The summed E-state index contributed by atoms with van der Waals surface area (Å²) in [5.41, 5.74) is 1.01. The van der Waals surface area contributed by atoms with E-state index in [1.807, 2.05) is 0 Å². The Morgan fingerprint density at radius 2 is 2.00 bits per heavy atom. The van der Waals surface area contributed by atoms with Gasteiger partial charge in [-0.3, -0.25) is 0 Å². The summed E-state index contributed by atoms with van der Waals surface area (Å²) in [7, 11) is 0. The monoisotopic (exact) mass is 303 g/mol. The van der Waals surface area contributed by atoms with Crippen molar-refractivity contribution in [2.75, 3.05) is 0 Å². The molecular formula is C9H7FIN3. The molecule has 0 aliphatic heterocycles. The van der Waals surface area contributed by atoms with Crippen LogP contribution in [0.3, 0.4) is 0 Å². The van der Waals surface area contributed by atoms with Crippen LogP contribution in [0.5, 0.6) is 0 Å². The number of rotatable bonds is 2. The van der Waals surface area contributed by atoms with Crippen molar-refractivity contribution in [1.82, 2.24) is 15.0 Å². The zero-order valence-corrected chi connectivity index (χ0v) is 9.35. The van der Waals surface area contributed by atoms with E-state index in [1.54, 1.807) is 23.0 Å². The Morgan fingerprint density at radius 3 is 2.57 bits per heavy atom. The van der Waals surface area contributed by atoms with Gasteiger partial charge in [0.2, 0.25) is 0 Å². The van der Waals surface area contributed by atoms with E-state index in [0.717, 1.165) is 9.26 Å². The topological polar surface area (TPSA) is 30.7 Å². The lowest BCUT2D eigenvalue weighted by molar-refractivity contribution is 0.618. The van der Waals surface area contributed by atoms with Gasteiger partial charge in [-0.25, -0.2) is 9.07 Å². The van der Waals surface area contributed by atoms with E-state index in [9.17, 15) is 4.39 Å². The third kappa shape index (κ3) is 2.09. The van der Waals surface area contributed by atoms with Gasteiger partial charge in [-0.2, -0.15) is 0 Å². The molecule has 0 saturated heterocycles. The molecule has 0 atom stereocenters. The lowest BCUT2D eigenvalue weighted by atomic mass is 10.2. The van der Waals surface area contributed by atoms with Crippen LogP contribution in [-0.4, -0.2) is 15.0 Å². The van der Waals surface area contributed by atoms with Crippen LogP contribution in [-0.2, 0) is 6.54 Å². The molecule has 0 radical (unpaired) electrons. The number of aromatic nitrogens is 3. The van der Waals surface area contributed by atoms with Gasteiger partial charge in [-0.1, -0.05) is 17.3 Å². The first-order valence-corrected chi connectivity index (χ1v) is 5.12. The molecule has 0 saturated carbocycles. The fourth-order valence-electron chi connectivity index (χ4n) is 1.12. The first-order valence-electron chi connectivity index (χ1n) is 4.04. The van der Waals surface area contributed by atoms with Crippen LogP contribution in [0, 0.1) is 9.52 Å². The minimum atomic E-state index is -0.220. The average molecular weight is 303 g/mol. The van der Waals surface area contributed by atoms with Gasteiger partial charge in [0.15, 0.2) is 0 Å². The average Bonchev–Trinajstić information content (AvgIpc) is 2.56. The molecule has 72 valence electrons. The molecule has 5 heteroatoms. The van der Waals surface area contributed by atoms with Crippen LogP contribution in [0.4, 0.5) is 4.39 Å². The summed E-state index contributed by atoms with van der Waals surface area (Å²) in [5, 5.41) is 7.67. The second kappa shape index (κ2) is 4.04. The predicted octanol–water partition coefficient (Wildman–Crippen LogP) is 2.07. The van der Waals surface area contributed by atoms with Crippen LogP contribution >= 0.6 is 22.6 Å². The summed E-state index contributed by atoms with van der Waals surface area (Å²) < 4.78 is 15.3. The number of halogens is 2. The third-order valence-corrected chi connectivity index (χ3v) is 2.65. The Bertz CT molecular complexity index is 424. The third-order valence-electron chi connectivity index (χ3n) is 1.82. The molecule has 1 aromatic heterocycles. The highest BCUT2D eigenvalue weighted by atomic mass is 127. The minimum Gasteiger partial charge on any atom is -0.235 e. The second-order valence-corrected chi connectivity index (χ2v) is 3.95. The highest BCUT2D eigenvalue weighted by Gasteiger charge is 2.00. The van der Waals surface area contributed by atoms with Gasteiger partial charge in [0.05, 0.1) is 12.7 Å². The van der Waals surface area contributed by atoms with Crippen LogP contribution in [0.1, 0.15) is 5.56 Å². The van der Waals surface area contributed by atoms with Gasteiger partial charge in [0.1, 0.15) is 9.52 Å². The Hall–Kier alpha value is -0.980. The lowest BCUT2D eigenvalue weighted by Crippen LogP contribution is -2.03. The predicted molar refractivity (Wildman–Crippen MR) is 58.2 cm³/mol. The first-order chi connectivity index (χ1) is 6.75. The number of hydrogen-bond acceptors (Lipinski definition) is 2. The summed E-state index contributed by atoms with van der Waals surface area (Å²) in [5.74, 6) is -0.220. The molecule has 0 bridgehead atoms. The fraction of sp³-hybridized carbons (Fsp3) is 0.111. The van der Waals surface area contributed by atoms with Crippen LogP contribution in [0.2, 0.25) is 0 Å². The van der Waals surface area contributed by atoms with Crippen molar-refractivity contribution in [1.29, 1.82) is 0 Å². The highest BCUT2D eigenvalue weighted by Crippen LogP contribution is 2.07. The molecule has 14 heavy (non-hydrogen) atoms. The van der Waals surface area contributed by atoms with Gasteiger partial charge < -0.3 is 0 Å². The largest absolute Gasteiger partial charge is 0.235 e. The van der Waals surface area contributed by atoms with Crippen molar-refractivity contribution in [3.8, 4) is 0 Å². The number of benzene rings is 1. The zero-order valence-electron chi connectivity index (χ0n) is 7.19. The molecule has 0 unspecified atom stereocenters. The second-order valence-electron chi connectivity index (χ2n) is 2.84. The molecule has 0 amide bonds. The SMILES string of the molecule is Fc1ccc(Cn2nncc2I)cc1. The molecule has 2 rings (SSSR count). The van der Waals surface area contributed by atoms with E-state index >= 15 is 0 Å². The maximum atomic E-state index is 12.6. The van der Waals surface area contributed by atoms with Crippen molar-refractivity contribution in [2.45, 2.75) is 6.54 Å². The van der Waals surface area contributed by atoms with Crippen molar-refractivity contribution in [3.05, 3.63) is 45.5 Å². The van der Waals surface area contributed by atoms with E-state index in [2.05, 4.69) is 32.9 Å². The maximum absolute atomic E-state index is 12.6. The fourth-order valence-corrected chi connectivity index (χ4v) is 1.51. The van der Waals surface area contributed by atoms with Crippen molar-refractivity contribution in [3.63, 3.8) is 0 Å². The van der Waals surface area contributed by atoms with Crippen LogP contribution in [0.15, 0.2) is 30.5 Å². The molecule has 2 aromatic rings. The first kappa shape index (κ1) is 9.57. The standard InChI is InChI=1S/C9H7FIN3/c10-8-3-1-7(2-4-8)6-14-9(11)5-12-13-14/h1-5H,6H2. The van der Waals surface area contributed by atoms with Gasteiger partial charge in [0, 0.05) is 0 Å². The van der Waals surface area contributed by atoms with Crippen molar-refractivity contribution >= 4 is 22.6 Å². The summed E-state index contributed by atoms with van der Waals surface area (Å²) in [6.07, 6.45) is 1.68. The van der Waals surface area contributed by atoms with Crippen molar-refractivity contribution < 1.29 is 4.39 Å². The molecule has 3 nitrogen and oxygen atoms in total. The van der Waals surface area contributed by atoms with E-state index < -0.39 is 0 Å². The lowest BCUT2D eigenvalue weighted by Gasteiger charge is -2.01. The van der Waals surface area contributed by atoms with Gasteiger partial charge in [0.25, 0.3) is 0 Å². The molecule has 0 N–H and O–H groups in total. The number of hydrogen-bond donors (Lipinski definition) is 0. The summed E-state index contributed by atoms with van der Waals surface area (Å²) in [6, 6.07) is 6.37. The molecule has 0 aliphatic rings. The van der Waals surface area contributed by atoms with Crippen molar-refractivity contribution in [2.24, 2.45) is 0 Å². The summed E-state index contributed by atoms with van der Waals surface area (Å²) in [6.45, 7) is 0.624. The highest BCUT2D eigenvalue weighted by molar-refractivity contribution is 14.1. The quantitative estimate of drug-likeness (QED) is 0.795. The van der Waals surface area contributed by atoms with E-state index in [0.29, 0.717) is 6.54 Å². The molecule has 0 spiro atoms. The molecule has 1 heterocycles. The summed E-state index contributed by atoms with van der Waals surface area (Å²) in [4.78, 5) is 0. The minimum absolute atomic E-state index is 0.220. The van der Waals surface area contributed by atoms with E-state index in [4.69, 9.17) is 0 Å². The van der Waals surface area contributed by atoms with E-state index in [1.165, 1.54) is 12.1 Å². The Morgan fingerprint density at radius 1 is 1.29 bits per heavy atom. The maximum Gasteiger partial charge on any atom is 0.123 e. The normalized spacial score (nSPS) is 10.4. The Labute approximate surface area is 94.1 Å².